The van der Waals surface area contributed by atoms with Crippen molar-refractivity contribution in [3.05, 3.63) is 17.7 Å². The van der Waals surface area contributed by atoms with Crippen LogP contribution in [0.25, 0.3) is 0 Å². The predicted molar refractivity (Wildman–Crippen MR) is 86.7 cm³/mol. The summed E-state index contributed by atoms with van der Waals surface area (Å²) in [4.78, 5) is 12.4. The topological polar surface area (TPSA) is 68.8 Å². The number of carbonyl (C=O) groups excluding carboxylic acids is 1. The van der Waals surface area contributed by atoms with Crippen molar-refractivity contribution in [3.8, 4) is 17.2 Å². The van der Waals surface area contributed by atoms with Crippen LogP contribution in [0.4, 0.5) is 0 Å². The first-order valence-electron chi connectivity index (χ1n) is 7.01. The Bertz CT molecular complexity index is 505. The fourth-order valence-corrected chi connectivity index (χ4v) is 2.44. The van der Waals surface area contributed by atoms with Crippen LogP contribution in [0.3, 0.4) is 0 Å². The summed E-state index contributed by atoms with van der Waals surface area (Å²) < 4.78 is 15.7. The molecule has 1 aliphatic rings. The molecule has 6 nitrogen and oxygen atoms in total. The van der Waals surface area contributed by atoms with E-state index in [0.717, 1.165) is 25.9 Å². The first-order chi connectivity index (χ1) is 10.2. The van der Waals surface area contributed by atoms with E-state index in [4.69, 9.17) is 14.2 Å². The molecule has 1 aliphatic heterocycles. The highest BCUT2D eigenvalue weighted by Crippen LogP contribution is 2.34. The highest BCUT2D eigenvalue weighted by molar-refractivity contribution is 5.98. The number of nitrogens with one attached hydrogen (secondary N) is 2. The summed E-state index contributed by atoms with van der Waals surface area (Å²) in [6.07, 6.45) is 2.04. The Morgan fingerprint density at radius 3 is 2.32 bits per heavy atom. The summed E-state index contributed by atoms with van der Waals surface area (Å²) in [7, 11) is 4.61. The zero-order valence-corrected chi connectivity index (χ0v) is 13.9. The van der Waals surface area contributed by atoms with E-state index in [9.17, 15) is 4.79 Å². The van der Waals surface area contributed by atoms with Crippen LogP contribution in [0, 0.1) is 0 Å². The van der Waals surface area contributed by atoms with Crippen molar-refractivity contribution in [2.45, 2.75) is 18.9 Å². The van der Waals surface area contributed by atoms with Crippen LogP contribution in [0.5, 0.6) is 17.2 Å². The largest absolute Gasteiger partial charge is 0.496 e. The Balaban J connectivity index is 0.00000242. The average molecular weight is 331 g/mol. The molecule has 1 amide bonds. The van der Waals surface area contributed by atoms with Gasteiger partial charge in [0.15, 0.2) is 11.5 Å². The lowest BCUT2D eigenvalue weighted by molar-refractivity contribution is 0.0927. The second kappa shape index (κ2) is 8.70. The number of hydrogen-bond acceptors (Lipinski definition) is 5. The maximum absolute atomic E-state index is 12.4. The molecule has 1 aromatic rings. The van der Waals surface area contributed by atoms with Gasteiger partial charge in [0.1, 0.15) is 5.75 Å². The van der Waals surface area contributed by atoms with Gasteiger partial charge in [0.25, 0.3) is 5.91 Å². The summed E-state index contributed by atoms with van der Waals surface area (Å²) in [6, 6.07) is 3.44. The van der Waals surface area contributed by atoms with Crippen molar-refractivity contribution in [2.24, 2.45) is 0 Å². The number of rotatable bonds is 5. The molecule has 1 fully saturated rings. The third-order valence-electron chi connectivity index (χ3n) is 3.58. The Morgan fingerprint density at radius 1 is 1.14 bits per heavy atom. The smallest absolute Gasteiger partial charge is 0.255 e. The van der Waals surface area contributed by atoms with Crippen LogP contribution in [-0.4, -0.2) is 46.4 Å². The van der Waals surface area contributed by atoms with Gasteiger partial charge in [-0.1, -0.05) is 0 Å². The van der Waals surface area contributed by atoms with Crippen molar-refractivity contribution in [3.63, 3.8) is 0 Å². The number of piperidine rings is 1. The van der Waals surface area contributed by atoms with Gasteiger partial charge in [0, 0.05) is 24.7 Å². The molecule has 2 N–H and O–H groups in total. The van der Waals surface area contributed by atoms with Gasteiger partial charge >= 0.3 is 0 Å². The van der Waals surface area contributed by atoms with Gasteiger partial charge in [0.05, 0.1) is 26.9 Å². The van der Waals surface area contributed by atoms with Crippen molar-refractivity contribution in [2.75, 3.05) is 34.4 Å². The maximum Gasteiger partial charge on any atom is 0.255 e. The van der Waals surface area contributed by atoms with E-state index in [1.807, 2.05) is 0 Å². The molecule has 0 radical (unpaired) electrons. The molecule has 22 heavy (non-hydrogen) atoms. The van der Waals surface area contributed by atoms with Gasteiger partial charge in [0.2, 0.25) is 0 Å². The molecule has 0 aliphatic carbocycles. The minimum absolute atomic E-state index is 0. The standard InChI is InChI=1S/C15H22N2O4.ClH/c1-19-12-8-14(21-3)13(20-2)7-11(12)15(18)17-10-5-4-6-16-9-10;/h7-8,10,16H,4-6,9H2,1-3H3,(H,17,18);1H/t10-;/m1./s1. The highest BCUT2D eigenvalue weighted by atomic mass is 35.5. The SMILES string of the molecule is COc1cc(OC)c(C(=O)N[C@@H]2CCCNC2)cc1OC.Cl. The van der Waals surface area contributed by atoms with Gasteiger partial charge in [-0.15, -0.1) is 12.4 Å². The van der Waals surface area contributed by atoms with Crippen LogP contribution in [0.2, 0.25) is 0 Å². The number of benzene rings is 1. The zero-order chi connectivity index (χ0) is 15.2. The van der Waals surface area contributed by atoms with E-state index in [2.05, 4.69) is 10.6 Å². The number of methoxy groups -OCH3 is 3. The normalized spacial score (nSPS) is 17.1. The van der Waals surface area contributed by atoms with E-state index in [0.29, 0.717) is 22.8 Å². The minimum Gasteiger partial charge on any atom is -0.496 e. The van der Waals surface area contributed by atoms with Crippen LogP contribution in [0.1, 0.15) is 23.2 Å². The molecule has 0 unspecified atom stereocenters. The van der Waals surface area contributed by atoms with Gasteiger partial charge < -0.3 is 24.8 Å². The fourth-order valence-electron chi connectivity index (χ4n) is 2.44. The predicted octanol–water partition coefficient (Wildman–Crippen LogP) is 1.62. The molecule has 7 heteroatoms. The van der Waals surface area contributed by atoms with Crippen molar-refractivity contribution >= 4 is 18.3 Å². The van der Waals surface area contributed by atoms with Crippen LogP contribution in [0.15, 0.2) is 12.1 Å². The molecule has 0 spiro atoms. The third kappa shape index (κ3) is 4.18. The van der Waals surface area contributed by atoms with Crippen molar-refractivity contribution < 1.29 is 19.0 Å². The summed E-state index contributed by atoms with van der Waals surface area (Å²) in [6.45, 7) is 1.80. The molecular weight excluding hydrogens is 308 g/mol. The first kappa shape index (κ1) is 18.4. The van der Waals surface area contributed by atoms with Gasteiger partial charge in [-0.2, -0.15) is 0 Å². The number of amides is 1. The quantitative estimate of drug-likeness (QED) is 0.858. The summed E-state index contributed by atoms with van der Waals surface area (Å²) in [5.41, 5.74) is 0.445. The molecule has 0 aromatic heterocycles. The lowest BCUT2D eigenvalue weighted by Crippen LogP contribution is -2.45. The Labute approximate surface area is 136 Å². The lowest BCUT2D eigenvalue weighted by Gasteiger charge is -2.24. The van der Waals surface area contributed by atoms with Crippen LogP contribution < -0.4 is 24.8 Å². The molecule has 0 bridgehead atoms. The molecule has 0 saturated carbocycles. The van der Waals surface area contributed by atoms with Crippen LogP contribution in [-0.2, 0) is 0 Å². The minimum atomic E-state index is -0.165. The van der Waals surface area contributed by atoms with Crippen LogP contribution >= 0.6 is 12.4 Å². The third-order valence-corrected chi connectivity index (χ3v) is 3.58. The average Bonchev–Trinajstić information content (AvgIpc) is 2.54. The molecule has 1 aromatic carbocycles. The molecular formula is C15H23ClN2O4. The molecule has 1 saturated heterocycles. The molecule has 2 rings (SSSR count). The lowest BCUT2D eigenvalue weighted by atomic mass is 10.1. The fraction of sp³-hybridized carbons (Fsp3) is 0.533. The molecule has 1 atom stereocenters. The number of hydrogen-bond donors (Lipinski definition) is 2. The molecule has 124 valence electrons. The second-order valence-electron chi connectivity index (χ2n) is 4.92. The Morgan fingerprint density at radius 2 is 1.77 bits per heavy atom. The summed E-state index contributed by atoms with van der Waals surface area (Å²) >= 11 is 0. The van der Waals surface area contributed by atoms with E-state index in [1.54, 1.807) is 19.2 Å². The van der Waals surface area contributed by atoms with Gasteiger partial charge in [-0.25, -0.2) is 0 Å². The summed E-state index contributed by atoms with van der Waals surface area (Å²) in [5, 5.41) is 6.29. The molecule has 1 heterocycles. The Kier molecular flexibility index (Phi) is 7.27. The number of carbonyl (C=O) groups is 1. The zero-order valence-electron chi connectivity index (χ0n) is 13.1. The van der Waals surface area contributed by atoms with E-state index in [1.165, 1.54) is 14.2 Å². The number of halogens is 1. The van der Waals surface area contributed by atoms with Crippen molar-refractivity contribution in [1.29, 1.82) is 0 Å². The summed E-state index contributed by atoms with van der Waals surface area (Å²) in [5.74, 6) is 1.34. The van der Waals surface area contributed by atoms with E-state index < -0.39 is 0 Å². The highest BCUT2D eigenvalue weighted by Gasteiger charge is 2.21. The first-order valence-corrected chi connectivity index (χ1v) is 7.01. The Hall–Kier alpha value is -1.66. The van der Waals surface area contributed by atoms with E-state index >= 15 is 0 Å². The van der Waals surface area contributed by atoms with Gasteiger partial charge in [-0.05, 0) is 19.4 Å². The second-order valence-corrected chi connectivity index (χ2v) is 4.92. The number of ether oxygens (including phenoxy) is 3. The monoisotopic (exact) mass is 330 g/mol. The van der Waals surface area contributed by atoms with Crippen molar-refractivity contribution in [1.82, 2.24) is 10.6 Å². The van der Waals surface area contributed by atoms with E-state index in [-0.39, 0.29) is 24.4 Å². The van der Waals surface area contributed by atoms with Gasteiger partial charge in [-0.3, -0.25) is 4.79 Å². The maximum atomic E-state index is 12.4.